The number of hydrogen-bond donors (Lipinski definition) is 0. The molecule has 0 saturated carbocycles. The first kappa shape index (κ1) is 18.6. The van der Waals surface area contributed by atoms with Crippen molar-refractivity contribution in [1.29, 1.82) is 0 Å². The van der Waals surface area contributed by atoms with Crippen LogP contribution < -0.4 is 0 Å². The second-order valence-electron chi connectivity index (χ2n) is 6.58. The lowest BCUT2D eigenvalue weighted by atomic mass is 9.99. The van der Waals surface area contributed by atoms with E-state index in [1.54, 1.807) is 0 Å². The van der Waals surface area contributed by atoms with Crippen LogP contribution in [0.25, 0.3) is 16.7 Å². The Bertz CT molecular complexity index is 917. The van der Waals surface area contributed by atoms with Crippen LogP contribution in [0.5, 0.6) is 0 Å². The lowest BCUT2D eigenvalue weighted by molar-refractivity contribution is 0.965. The second-order valence-corrected chi connectivity index (χ2v) is 6.58. The van der Waals surface area contributed by atoms with Crippen molar-refractivity contribution in [3.63, 3.8) is 0 Å². The predicted molar refractivity (Wildman–Crippen MR) is 116 cm³/mol. The first-order valence-corrected chi connectivity index (χ1v) is 9.32. The van der Waals surface area contributed by atoms with Crippen molar-refractivity contribution >= 4 is 5.57 Å². The van der Waals surface area contributed by atoms with Gasteiger partial charge in [0.05, 0.1) is 5.69 Å². The van der Waals surface area contributed by atoms with E-state index in [-0.39, 0.29) is 0 Å². The number of aromatic nitrogens is 1. The zero-order valence-electron chi connectivity index (χ0n) is 15.8. The lowest BCUT2D eigenvalue weighted by Gasteiger charge is -2.07. The third-order valence-electron chi connectivity index (χ3n) is 4.57. The van der Waals surface area contributed by atoms with Crippen molar-refractivity contribution in [2.45, 2.75) is 19.8 Å². The van der Waals surface area contributed by atoms with Gasteiger partial charge in [-0.2, -0.15) is 0 Å². The van der Waals surface area contributed by atoms with Crippen LogP contribution in [-0.4, -0.2) is 4.98 Å². The number of nitrogens with zero attached hydrogens (tertiary/aromatic N) is 1. The van der Waals surface area contributed by atoms with Gasteiger partial charge in [-0.3, -0.25) is 4.98 Å². The Morgan fingerprint density at radius 3 is 2.26 bits per heavy atom. The van der Waals surface area contributed by atoms with Gasteiger partial charge in [0.25, 0.3) is 0 Å². The molecule has 0 saturated heterocycles. The fourth-order valence-corrected chi connectivity index (χ4v) is 3.09. The predicted octanol–water partition coefficient (Wildman–Crippen LogP) is 6.90. The summed E-state index contributed by atoms with van der Waals surface area (Å²) >= 11 is 0. The molecule has 0 aliphatic carbocycles. The van der Waals surface area contributed by atoms with E-state index in [1.165, 1.54) is 27.8 Å². The van der Waals surface area contributed by atoms with E-state index in [1.807, 2.05) is 36.5 Å². The highest BCUT2D eigenvalue weighted by Crippen LogP contribution is 2.21. The largest absolute Gasteiger partial charge is 0.257 e. The zero-order valence-corrected chi connectivity index (χ0v) is 15.8. The molecule has 0 radical (unpaired) electrons. The normalized spacial score (nSPS) is 12.0. The molecule has 3 aromatic rings. The second kappa shape index (κ2) is 9.49. The highest BCUT2D eigenvalue weighted by Gasteiger charge is 2.02. The molecule has 2 aromatic carbocycles. The molecule has 0 amide bonds. The van der Waals surface area contributed by atoms with Gasteiger partial charge in [-0.05, 0) is 59.7 Å². The topological polar surface area (TPSA) is 12.9 Å². The summed E-state index contributed by atoms with van der Waals surface area (Å²) in [5.41, 5.74) is 7.30. The average molecular weight is 351 g/mol. The van der Waals surface area contributed by atoms with Crippen LogP contribution in [0.1, 0.15) is 24.6 Å². The molecule has 0 fully saturated rings. The molecular weight excluding hydrogens is 326 g/mol. The van der Waals surface area contributed by atoms with Crippen LogP contribution >= 0.6 is 0 Å². The molecular formula is C26H25N. The minimum absolute atomic E-state index is 0.973. The molecule has 27 heavy (non-hydrogen) atoms. The van der Waals surface area contributed by atoms with Crippen molar-refractivity contribution in [1.82, 2.24) is 4.98 Å². The molecule has 0 unspecified atom stereocenters. The zero-order chi connectivity index (χ0) is 18.9. The number of aryl methyl sites for hydroxylation is 1. The molecule has 134 valence electrons. The summed E-state index contributed by atoms with van der Waals surface area (Å²) in [5, 5.41) is 0. The summed E-state index contributed by atoms with van der Waals surface area (Å²) in [6.45, 7) is 5.96. The van der Waals surface area contributed by atoms with Crippen molar-refractivity contribution in [2.75, 3.05) is 0 Å². The third-order valence-corrected chi connectivity index (χ3v) is 4.57. The van der Waals surface area contributed by atoms with Crippen LogP contribution in [0.4, 0.5) is 0 Å². The first-order valence-electron chi connectivity index (χ1n) is 9.32. The van der Waals surface area contributed by atoms with Gasteiger partial charge in [0.1, 0.15) is 0 Å². The Morgan fingerprint density at radius 1 is 0.889 bits per heavy atom. The molecule has 0 bridgehead atoms. The number of pyridine rings is 1. The number of rotatable bonds is 7. The van der Waals surface area contributed by atoms with E-state index in [0.717, 1.165) is 18.5 Å². The van der Waals surface area contributed by atoms with E-state index in [4.69, 9.17) is 0 Å². The van der Waals surface area contributed by atoms with Crippen LogP contribution in [0.2, 0.25) is 0 Å². The summed E-state index contributed by atoms with van der Waals surface area (Å²) in [4.78, 5) is 4.43. The van der Waals surface area contributed by atoms with Crippen LogP contribution in [-0.2, 0) is 6.42 Å². The quantitative estimate of drug-likeness (QED) is 0.422. The number of benzene rings is 2. The highest BCUT2D eigenvalue weighted by molar-refractivity contribution is 5.64. The molecule has 1 aromatic heterocycles. The van der Waals surface area contributed by atoms with Gasteiger partial charge in [0, 0.05) is 6.20 Å². The summed E-state index contributed by atoms with van der Waals surface area (Å²) in [6.07, 6.45) is 9.96. The van der Waals surface area contributed by atoms with Crippen molar-refractivity contribution < 1.29 is 0 Å². The lowest BCUT2D eigenvalue weighted by Crippen LogP contribution is -1.90. The van der Waals surface area contributed by atoms with E-state index in [9.17, 15) is 0 Å². The molecule has 0 spiro atoms. The minimum Gasteiger partial charge on any atom is -0.257 e. The Morgan fingerprint density at radius 2 is 1.59 bits per heavy atom. The Kier molecular flexibility index (Phi) is 6.54. The molecule has 1 heterocycles. The summed E-state index contributed by atoms with van der Waals surface area (Å²) in [6, 6.07) is 25.3. The molecule has 0 aliphatic heterocycles. The Balaban J connectivity index is 1.68. The van der Waals surface area contributed by atoms with Gasteiger partial charge in [-0.25, -0.2) is 0 Å². The third kappa shape index (κ3) is 5.39. The number of allylic oxidation sites excluding steroid dienone is 5. The molecule has 0 N–H and O–H groups in total. The Hall–Kier alpha value is -3.19. The summed E-state index contributed by atoms with van der Waals surface area (Å²) in [5.74, 6) is 0. The number of hydrogen-bond acceptors (Lipinski definition) is 1. The van der Waals surface area contributed by atoms with Gasteiger partial charge >= 0.3 is 0 Å². The first-order chi connectivity index (χ1) is 13.3. The fourth-order valence-electron chi connectivity index (χ4n) is 3.09. The standard InChI is InChI=1S/C26H25N/c1-3-9-23(20-21(2)26-12-7-8-19-27-26)14-13-22-15-17-25(18-16-22)24-10-5-4-6-11-24/h3-12,15-20H,1,13-14H2,2H3/b21-20+,23-9-. The van der Waals surface area contributed by atoms with E-state index in [2.05, 4.69) is 79.2 Å². The summed E-state index contributed by atoms with van der Waals surface area (Å²) in [7, 11) is 0. The maximum atomic E-state index is 4.43. The smallest absolute Gasteiger partial charge is 0.0658 e. The van der Waals surface area contributed by atoms with Crippen molar-refractivity contribution in [3.05, 3.63) is 121 Å². The highest BCUT2D eigenvalue weighted by atomic mass is 14.7. The minimum atomic E-state index is 0.973. The maximum Gasteiger partial charge on any atom is 0.0658 e. The maximum absolute atomic E-state index is 4.43. The van der Waals surface area contributed by atoms with Gasteiger partial charge in [0.15, 0.2) is 0 Å². The van der Waals surface area contributed by atoms with E-state index >= 15 is 0 Å². The molecule has 1 heteroatoms. The van der Waals surface area contributed by atoms with Crippen LogP contribution in [0, 0.1) is 0 Å². The molecule has 1 nitrogen and oxygen atoms in total. The SMILES string of the molecule is C=C/C=C(\C=C(/C)c1ccccn1)CCc1ccc(-c2ccccc2)cc1. The van der Waals surface area contributed by atoms with Crippen LogP contribution in [0.15, 0.2) is 109 Å². The Labute approximate surface area is 162 Å². The molecule has 3 rings (SSSR count). The van der Waals surface area contributed by atoms with Crippen molar-refractivity contribution in [3.8, 4) is 11.1 Å². The van der Waals surface area contributed by atoms with Gasteiger partial charge in [-0.15, -0.1) is 0 Å². The fraction of sp³-hybridized carbons (Fsp3) is 0.115. The van der Waals surface area contributed by atoms with E-state index in [0.29, 0.717) is 0 Å². The monoisotopic (exact) mass is 351 g/mol. The van der Waals surface area contributed by atoms with Crippen LogP contribution in [0.3, 0.4) is 0 Å². The van der Waals surface area contributed by atoms with Gasteiger partial charge in [0.2, 0.25) is 0 Å². The molecule has 0 atom stereocenters. The van der Waals surface area contributed by atoms with Gasteiger partial charge < -0.3 is 0 Å². The molecule has 0 aliphatic rings. The van der Waals surface area contributed by atoms with Crippen molar-refractivity contribution in [2.24, 2.45) is 0 Å². The summed E-state index contributed by atoms with van der Waals surface area (Å²) < 4.78 is 0. The van der Waals surface area contributed by atoms with Gasteiger partial charge in [-0.1, -0.05) is 85.5 Å². The van der Waals surface area contributed by atoms with E-state index < -0.39 is 0 Å². The average Bonchev–Trinajstić information content (AvgIpc) is 2.74.